The molecule has 4 aromatic heterocycles. The largest absolute Gasteiger partial charge is 0.460 e. The van der Waals surface area contributed by atoms with Crippen LogP contribution in [-0.2, 0) is 11.3 Å². The van der Waals surface area contributed by atoms with E-state index in [4.69, 9.17) is 4.74 Å². The lowest BCUT2D eigenvalue weighted by molar-refractivity contribution is 0.0489. The molecule has 0 aromatic carbocycles. The van der Waals surface area contributed by atoms with Crippen LogP contribution in [0.2, 0.25) is 0 Å². The van der Waals surface area contributed by atoms with E-state index in [1.807, 2.05) is 23.6 Å². The number of fused-ring (bicyclic) bond motifs is 1. The first-order valence-electron chi connectivity index (χ1n) is 7.19. The minimum absolute atomic E-state index is 0.199. The average molecular weight is 340 g/mol. The van der Waals surface area contributed by atoms with Gasteiger partial charge < -0.3 is 4.74 Å². The molecule has 0 saturated heterocycles. The summed E-state index contributed by atoms with van der Waals surface area (Å²) in [5, 5.41) is 10.2. The van der Waals surface area contributed by atoms with Crippen LogP contribution in [0, 0.1) is 0 Å². The Hall–Kier alpha value is -3.07. The zero-order chi connectivity index (χ0) is 16.4. The van der Waals surface area contributed by atoms with Crippen molar-refractivity contribution < 1.29 is 9.53 Å². The molecule has 0 unspecified atom stereocenters. The third-order valence-electron chi connectivity index (χ3n) is 3.41. The number of ether oxygens (including phenoxy) is 1. The fourth-order valence-electron chi connectivity index (χ4n) is 2.30. The normalized spacial score (nSPS) is 11.0. The van der Waals surface area contributed by atoms with Crippen molar-refractivity contribution in [2.45, 2.75) is 6.54 Å². The quantitative estimate of drug-likeness (QED) is 0.516. The summed E-state index contributed by atoms with van der Waals surface area (Å²) in [4.78, 5) is 21.4. The minimum Gasteiger partial charge on any atom is -0.460 e. The molecule has 4 heterocycles. The van der Waals surface area contributed by atoms with Gasteiger partial charge in [0, 0.05) is 6.20 Å². The van der Waals surface area contributed by atoms with Crippen LogP contribution in [0.3, 0.4) is 0 Å². The first-order chi connectivity index (χ1) is 11.8. The second-order valence-electron chi connectivity index (χ2n) is 4.90. The molecular formula is C15H12N6O2S. The summed E-state index contributed by atoms with van der Waals surface area (Å²) in [6.45, 7) is 0.642. The maximum absolute atomic E-state index is 12.3. The van der Waals surface area contributed by atoms with Gasteiger partial charge in [0.15, 0.2) is 5.65 Å². The number of carbonyl (C=O) groups excluding carboxylic acids is 1. The third kappa shape index (κ3) is 2.65. The van der Waals surface area contributed by atoms with Crippen LogP contribution in [0.1, 0.15) is 10.4 Å². The number of nitrogens with zero attached hydrogens (tertiary/aromatic N) is 6. The molecule has 0 aliphatic heterocycles. The molecule has 0 aliphatic carbocycles. The molecule has 120 valence electrons. The molecule has 0 fully saturated rings. The van der Waals surface area contributed by atoms with Crippen molar-refractivity contribution in [1.29, 1.82) is 0 Å². The van der Waals surface area contributed by atoms with E-state index >= 15 is 0 Å². The predicted molar refractivity (Wildman–Crippen MR) is 86.6 cm³/mol. The highest BCUT2D eigenvalue weighted by Crippen LogP contribution is 2.25. The van der Waals surface area contributed by atoms with E-state index in [0.717, 1.165) is 10.6 Å². The Labute approximate surface area is 140 Å². The minimum atomic E-state index is -0.457. The molecule has 24 heavy (non-hydrogen) atoms. The summed E-state index contributed by atoms with van der Waals surface area (Å²) < 4.78 is 8.53. The number of thiophene rings is 1. The van der Waals surface area contributed by atoms with Gasteiger partial charge in [-0.3, -0.25) is 0 Å². The van der Waals surface area contributed by atoms with E-state index < -0.39 is 5.97 Å². The van der Waals surface area contributed by atoms with Crippen molar-refractivity contribution in [2.24, 2.45) is 0 Å². The Morgan fingerprint density at radius 2 is 2.25 bits per heavy atom. The molecule has 0 amide bonds. The molecule has 0 spiro atoms. The number of aromatic nitrogens is 6. The van der Waals surface area contributed by atoms with Gasteiger partial charge in [0.05, 0.1) is 23.3 Å². The molecular weight excluding hydrogens is 328 g/mol. The lowest BCUT2D eigenvalue weighted by Crippen LogP contribution is -2.12. The zero-order valence-corrected chi connectivity index (χ0v) is 13.3. The van der Waals surface area contributed by atoms with Crippen molar-refractivity contribution in [1.82, 2.24) is 29.4 Å². The van der Waals surface area contributed by atoms with Crippen LogP contribution >= 0.6 is 11.3 Å². The van der Waals surface area contributed by atoms with E-state index in [1.54, 1.807) is 33.1 Å². The van der Waals surface area contributed by atoms with Crippen LogP contribution in [0.15, 0.2) is 48.6 Å². The lowest BCUT2D eigenvalue weighted by atomic mass is 10.3. The smallest absolute Gasteiger partial charge is 0.343 e. The molecule has 0 atom stereocenters. The Morgan fingerprint density at radius 3 is 3.04 bits per heavy atom. The fraction of sp³-hybridized carbons (Fsp3) is 0.133. The van der Waals surface area contributed by atoms with Crippen LogP contribution in [0.25, 0.3) is 16.2 Å². The van der Waals surface area contributed by atoms with Crippen LogP contribution in [-0.4, -0.2) is 41.9 Å². The van der Waals surface area contributed by atoms with Gasteiger partial charge >= 0.3 is 5.97 Å². The summed E-state index contributed by atoms with van der Waals surface area (Å²) in [7, 11) is 0. The molecule has 0 aliphatic rings. The highest BCUT2D eigenvalue weighted by Gasteiger charge is 2.17. The van der Waals surface area contributed by atoms with Crippen LogP contribution < -0.4 is 0 Å². The second-order valence-corrected chi connectivity index (χ2v) is 5.84. The number of hydrogen-bond donors (Lipinski definition) is 0. The molecule has 8 nitrogen and oxygen atoms in total. The Balaban J connectivity index is 1.56. The standard InChI is InChI=1S/C15H12N6O2S/c22-15(23-6-5-20-10-16-9-19-20)11-8-18-21-12(3-4-17-14(11)21)13-2-1-7-24-13/h1-4,7-10H,5-6H2. The summed E-state index contributed by atoms with van der Waals surface area (Å²) in [5.41, 5.74) is 1.70. The summed E-state index contributed by atoms with van der Waals surface area (Å²) in [6.07, 6.45) is 6.15. The SMILES string of the molecule is O=C(OCCn1cncn1)c1cnn2c(-c3cccs3)ccnc12. The van der Waals surface area contributed by atoms with Gasteiger partial charge in [0.25, 0.3) is 0 Å². The second kappa shape index (κ2) is 6.20. The van der Waals surface area contributed by atoms with Crippen molar-refractivity contribution in [2.75, 3.05) is 6.61 Å². The van der Waals surface area contributed by atoms with E-state index in [9.17, 15) is 4.79 Å². The first-order valence-corrected chi connectivity index (χ1v) is 8.07. The monoisotopic (exact) mass is 340 g/mol. The average Bonchev–Trinajstić information content (AvgIpc) is 3.35. The highest BCUT2D eigenvalue weighted by atomic mass is 32.1. The van der Waals surface area contributed by atoms with Gasteiger partial charge in [-0.2, -0.15) is 10.2 Å². The number of carbonyl (C=O) groups is 1. The lowest BCUT2D eigenvalue weighted by Gasteiger charge is -2.04. The van der Waals surface area contributed by atoms with Crippen LogP contribution in [0.4, 0.5) is 0 Å². The van der Waals surface area contributed by atoms with Gasteiger partial charge in [-0.05, 0) is 17.5 Å². The molecule has 4 aromatic rings. The van der Waals surface area contributed by atoms with Gasteiger partial charge in [-0.25, -0.2) is 24.0 Å². The van der Waals surface area contributed by atoms with E-state index in [0.29, 0.717) is 17.8 Å². The fourth-order valence-corrected chi connectivity index (χ4v) is 3.04. The maximum atomic E-state index is 12.3. The van der Waals surface area contributed by atoms with Gasteiger partial charge in [-0.1, -0.05) is 6.07 Å². The summed E-state index contributed by atoms with van der Waals surface area (Å²) in [5.74, 6) is -0.457. The topological polar surface area (TPSA) is 87.2 Å². The third-order valence-corrected chi connectivity index (χ3v) is 4.31. The Bertz CT molecular complexity index is 961. The van der Waals surface area contributed by atoms with E-state index in [2.05, 4.69) is 20.2 Å². The molecule has 9 heteroatoms. The predicted octanol–water partition coefficient (Wildman–Crippen LogP) is 1.91. The van der Waals surface area contributed by atoms with Gasteiger partial charge in [-0.15, -0.1) is 11.3 Å². The number of hydrogen-bond acceptors (Lipinski definition) is 7. The number of rotatable bonds is 5. The molecule has 0 N–H and O–H groups in total. The van der Waals surface area contributed by atoms with Crippen molar-refractivity contribution >= 4 is 23.0 Å². The summed E-state index contributed by atoms with van der Waals surface area (Å²) >= 11 is 1.60. The highest BCUT2D eigenvalue weighted by molar-refractivity contribution is 7.13. The first kappa shape index (κ1) is 14.5. The van der Waals surface area contributed by atoms with Crippen molar-refractivity contribution in [3.8, 4) is 10.6 Å². The molecule has 0 bridgehead atoms. The summed E-state index contributed by atoms with van der Waals surface area (Å²) in [6, 6.07) is 5.83. The Morgan fingerprint density at radius 1 is 1.29 bits per heavy atom. The molecule has 0 saturated carbocycles. The van der Waals surface area contributed by atoms with Crippen molar-refractivity contribution in [3.05, 3.63) is 54.2 Å². The molecule has 4 rings (SSSR count). The van der Waals surface area contributed by atoms with E-state index in [-0.39, 0.29) is 6.61 Å². The van der Waals surface area contributed by atoms with Crippen LogP contribution in [0.5, 0.6) is 0 Å². The van der Waals surface area contributed by atoms with E-state index in [1.165, 1.54) is 12.5 Å². The van der Waals surface area contributed by atoms with Crippen molar-refractivity contribution in [3.63, 3.8) is 0 Å². The maximum Gasteiger partial charge on any atom is 0.343 e. The molecule has 0 radical (unpaired) electrons. The Kier molecular flexibility index (Phi) is 3.75. The van der Waals surface area contributed by atoms with Gasteiger partial charge in [0.2, 0.25) is 0 Å². The number of esters is 1. The zero-order valence-electron chi connectivity index (χ0n) is 12.4. The van der Waals surface area contributed by atoms with Gasteiger partial charge in [0.1, 0.15) is 24.8 Å².